The number of nitrogens with one attached hydrogen (secondary N) is 2. The predicted octanol–water partition coefficient (Wildman–Crippen LogP) is 2.66. The third kappa shape index (κ3) is 6.29. The Balaban J connectivity index is 2.80. The Bertz CT molecular complexity index is 484. The number of hydrogen-bond acceptors (Lipinski definition) is 4. The number of ether oxygens (including phenoxy) is 1. The zero-order valence-corrected chi connectivity index (χ0v) is 17.1. The normalized spacial score (nSPS) is 23.7. The first-order valence-corrected chi connectivity index (χ1v) is 9.89. The third-order valence-electron chi connectivity index (χ3n) is 5.60. The highest BCUT2D eigenvalue weighted by Gasteiger charge is 2.33. The zero-order valence-electron chi connectivity index (χ0n) is 17.1. The van der Waals surface area contributed by atoms with Gasteiger partial charge in [0, 0.05) is 5.92 Å². The fraction of sp³-hybridized carbons (Fsp3) is 0.850. The van der Waals surface area contributed by atoms with Crippen LogP contribution in [0.3, 0.4) is 0 Å². The highest BCUT2D eigenvalue weighted by Crippen LogP contribution is 2.28. The second-order valence-electron chi connectivity index (χ2n) is 8.08. The molecule has 0 aromatic heterocycles. The summed E-state index contributed by atoms with van der Waals surface area (Å²) < 4.78 is 4.79. The summed E-state index contributed by atoms with van der Waals surface area (Å²) >= 11 is 0. The lowest BCUT2D eigenvalue weighted by molar-refractivity contribution is -0.147. The number of hydrogen-bond donors (Lipinski definition) is 2. The average Bonchev–Trinajstić information content (AvgIpc) is 2.62. The molecule has 0 aliphatic heterocycles. The molecule has 3 atom stereocenters. The van der Waals surface area contributed by atoms with E-state index in [1.54, 1.807) is 0 Å². The van der Waals surface area contributed by atoms with Crippen molar-refractivity contribution < 1.29 is 19.1 Å². The van der Waals surface area contributed by atoms with Gasteiger partial charge in [-0.25, -0.2) is 4.79 Å². The van der Waals surface area contributed by atoms with E-state index in [0.717, 1.165) is 32.1 Å². The zero-order chi connectivity index (χ0) is 19.9. The van der Waals surface area contributed by atoms with Crippen LogP contribution in [-0.2, 0) is 19.1 Å². The molecule has 26 heavy (non-hydrogen) atoms. The molecule has 0 aromatic rings. The predicted molar refractivity (Wildman–Crippen MR) is 101 cm³/mol. The van der Waals surface area contributed by atoms with E-state index in [1.165, 1.54) is 7.11 Å². The summed E-state index contributed by atoms with van der Waals surface area (Å²) in [4.78, 5) is 37.4. The van der Waals surface area contributed by atoms with Crippen LogP contribution in [0.1, 0.15) is 66.7 Å². The molecule has 0 aromatic carbocycles. The molecule has 0 radical (unpaired) electrons. The highest BCUT2D eigenvalue weighted by molar-refractivity contribution is 5.91. The molecule has 6 nitrogen and oxygen atoms in total. The van der Waals surface area contributed by atoms with Gasteiger partial charge in [0.1, 0.15) is 12.1 Å². The molecule has 1 aliphatic rings. The quantitative estimate of drug-likeness (QED) is 0.645. The van der Waals surface area contributed by atoms with Crippen molar-refractivity contribution in [3.05, 3.63) is 0 Å². The summed E-state index contributed by atoms with van der Waals surface area (Å²) in [6.07, 6.45) is 4.61. The minimum absolute atomic E-state index is 0.0212. The van der Waals surface area contributed by atoms with Crippen LogP contribution in [0, 0.1) is 23.7 Å². The molecule has 2 amide bonds. The van der Waals surface area contributed by atoms with Crippen LogP contribution in [0.25, 0.3) is 0 Å². The Labute approximate surface area is 157 Å². The van der Waals surface area contributed by atoms with Crippen LogP contribution >= 0.6 is 0 Å². The number of carbonyl (C=O) groups is 3. The molecule has 0 heterocycles. The number of rotatable bonds is 8. The van der Waals surface area contributed by atoms with Crippen molar-refractivity contribution in [2.24, 2.45) is 23.7 Å². The second-order valence-corrected chi connectivity index (χ2v) is 8.08. The molecule has 6 heteroatoms. The second kappa shape index (κ2) is 10.5. The molecule has 150 valence electrons. The number of methoxy groups -OCH3 is 1. The molecular weight excluding hydrogens is 332 g/mol. The molecule has 2 N–H and O–H groups in total. The highest BCUT2D eigenvalue weighted by atomic mass is 16.5. The van der Waals surface area contributed by atoms with Gasteiger partial charge in [0.2, 0.25) is 11.8 Å². The summed E-state index contributed by atoms with van der Waals surface area (Å²) in [7, 11) is 1.31. The van der Waals surface area contributed by atoms with Gasteiger partial charge in [0.05, 0.1) is 7.11 Å². The molecule has 1 rings (SSSR count). The van der Waals surface area contributed by atoms with Crippen molar-refractivity contribution in [3.8, 4) is 0 Å². The molecule has 1 saturated carbocycles. The van der Waals surface area contributed by atoms with Crippen molar-refractivity contribution in [3.63, 3.8) is 0 Å². The first-order valence-electron chi connectivity index (χ1n) is 9.89. The van der Waals surface area contributed by atoms with Gasteiger partial charge < -0.3 is 15.4 Å². The summed E-state index contributed by atoms with van der Waals surface area (Å²) in [5, 5.41) is 5.72. The van der Waals surface area contributed by atoms with Crippen molar-refractivity contribution >= 4 is 17.8 Å². The van der Waals surface area contributed by atoms with Crippen LogP contribution in [0.4, 0.5) is 0 Å². The standard InChI is InChI=1S/C20H36N2O4/c1-7-14(5)17(19(24)21-16(12(2)3)20(25)26-6)22-18(23)15-10-8-13(4)9-11-15/h12-17H,7-11H2,1-6H3,(H,21,24)(H,22,23)/t13?,14-,15?,16+,17-/m1/s1. The van der Waals surface area contributed by atoms with Crippen molar-refractivity contribution in [2.45, 2.75) is 78.8 Å². The first kappa shape index (κ1) is 22.5. The Morgan fingerprint density at radius 2 is 1.58 bits per heavy atom. The fourth-order valence-corrected chi connectivity index (χ4v) is 3.36. The van der Waals surface area contributed by atoms with E-state index < -0.39 is 18.1 Å². The summed E-state index contributed by atoms with van der Waals surface area (Å²) in [6.45, 7) is 9.84. The smallest absolute Gasteiger partial charge is 0.328 e. The Kier molecular flexibility index (Phi) is 9.09. The van der Waals surface area contributed by atoms with Gasteiger partial charge in [-0.2, -0.15) is 0 Å². The summed E-state index contributed by atoms with van der Waals surface area (Å²) in [6, 6.07) is -1.36. The van der Waals surface area contributed by atoms with Crippen molar-refractivity contribution in [1.29, 1.82) is 0 Å². The van der Waals surface area contributed by atoms with E-state index in [2.05, 4.69) is 17.6 Å². The molecule has 0 saturated heterocycles. The SMILES string of the molecule is CC[C@@H](C)[C@@H](NC(=O)C1CCC(C)CC1)C(=O)N[C@H](C(=O)OC)C(C)C. The largest absolute Gasteiger partial charge is 0.467 e. The van der Waals surface area contributed by atoms with Gasteiger partial charge in [-0.15, -0.1) is 0 Å². The van der Waals surface area contributed by atoms with E-state index in [4.69, 9.17) is 4.74 Å². The van der Waals surface area contributed by atoms with E-state index in [9.17, 15) is 14.4 Å². The molecule has 1 fully saturated rings. The topological polar surface area (TPSA) is 84.5 Å². The Morgan fingerprint density at radius 1 is 1.00 bits per heavy atom. The number of esters is 1. The lowest BCUT2D eigenvalue weighted by Gasteiger charge is -2.30. The van der Waals surface area contributed by atoms with Gasteiger partial charge in [0.15, 0.2) is 0 Å². The maximum atomic E-state index is 12.8. The van der Waals surface area contributed by atoms with Crippen LogP contribution in [0.5, 0.6) is 0 Å². The number of carbonyl (C=O) groups excluding carboxylic acids is 3. The molecule has 0 unspecified atom stereocenters. The average molecular weight is 369 g/mol. The summed E-state index contributed by atoms with van der Waals surface area (Å²) in [5.74, 6) is -0.306. The molecule has 0 bridgehead atoms. The van der Waals surface area contributed by atoms with Crippen LogP contribution < -0.4 is 10.6 Å². The first-order chi connectivity index (χ1) is 12.2. The van der Waals surface area contributed by atoms with E-state index >= 15 is 0 Å². The van der Waals surface area contributed by atoms with Crippen molar-refractivity contribution in [1.82, 2.24) is 10.6 Å². The monoisotopic (exact) mass is 368 g/mol. The van der Waals surface area contributed by atoms with Gasteiger partial charge >= 0.3 is 5.97 Å². The maximum Gasteiger partial charge on any atom is 0.328 e. The van der Waals surface area contributed by atoms with Crippen LogP contribution in [0.15, 0.2) is 0 Å². The molecule has 1 aliphatic carbocycles. The third-order valence-corrected chi connectivity index (χ3v) is 5.60. The van der Waals surface area contributed by atoms with Gasteiger partial charge in [0.25, 0.3) is 0 Å². The van der Waals surface area contributed by atoms with Gasteiger partial charge in [-0.05, 0) is 43.4 Å². The van der Waals surface area contributed by atoms with Crippen molar-refractivity contribution in [2.75, 3.05) is 7.11 Å². The lowest BCUT2D eigenvalue weighted by Crippen LogP contribution is -2.56. The lowest BCUT2D eigenvalue weighted by atomic mass is 9.82. The Hall–Kier alpha value is -1.59. The maximum absolute atomic E-state index is 12.8. The van der Waals surface area contributed by atoms with Crippen LogP contribution in [-0.4, -0.2) is 37.0 Å². The minimum atomic E-state index is -0.716. The molecule has 0 spiro atoms. The van der Waals surface area contributed by atoms with E-state index in [1.807, 2.05) is 27.7 Å². The fourth-order valence-electron chi connectivity index (χ4n) is 3.36. The van der Waals surface area contributed by atoms with Gasteiger partial charge in [-0.1, -0.05) is 41.0 Å². The Morgan fingerprint density at radius 3 is 2.04 bits per heavy atom. The van der Waals surface area contributed by atoms with E-state index in [0.29, 0.717) is 5.92 Å². The minimum Gasteiger partial charge on any atom is -0.467 e. The van der Waals surface area contributed by atoms with Crippen LogP contribution in [0.2, 0.25) is 0 Å². The summed E-state index contributed by atoms with van der Waals surface area (Å²) in [5.41, 5.74) is 0. The van der Waals surface area contributed by atoms with Gasteiger partial charge in [-0.3, -0.25) is 9.59 Å². The number of amides is 2. The van der Waals surface area contributed by atoms with E-state index in [-0.39, 0.29) is 29.6 Å². The molecular formula is C20H36N2O4.